The maximum absolute atomic E-state index is 12.6. The fraction of sp³-hybridized carbons (Fsp3) is 0.500. The quantitative estimate of drug-likeness (QED) is 0.908. The van der Waals surface area contributed by atoms with Crippen molar-refractivity contribution in [2.24, 2.45) is 5.92 Å². The van der Waals surface area contributed by atoms with Gasteiger partial charge in [-0.2, -0.15) is 0 Å². The molecule has 0 aromatic carbocycles. The molecule has 0 radical (unpaired) electrons. The molecule has 0 unspecified atom stereocenters. The largest absolute Gasteiger partial charge is 0.337 e. The summed E-state index contributed by atoms with van der Waals surface area (Å²) in [6, 6.07) is 0. The van der Waals surface area contributed by atoms with E-state index in [0.717, 1.165) is 44.0 Å². The molecule has 1 aliphatic heterocycles. The van der Waals surface area contributed by atoms with Crippen LogP contribution in [-0.4, -0.2) is 51.9 Å². The van der Waals surface area contributed by atoms with Gasteiger partial charge in [0.05, 0.1) is 6.20 Å². The van der Waals surface area contributed by atoms with Crippen molar-refractivity contribution >= 4 is 17.2 Å². The van der Waals surface area contributed by atoms with E-state index in [0.29, 0.717) is 17.3 Å². The van der Waals surface area contributed by atoms with Crippen LogP contribution in [0.2, 0.25) is 0 Å². The van der Waals surface area contributed by atoms with Crippen LogP contribution in [0.3, 0.4) is 0 Å². The van der Waals surface area contributed by atoms with Crippen molar-refractivity contribution in [1.82, 2.24) is 25.2 Å². The number of hydrogen-bond acceptors (Lipinski definition) is 6. The Bertz CT molecular complexity index is 637. The van der Waals surface area contributed by atoms with Gasteiger partial charge in [-0.15, -0.1) is 11.3 Å². The van der Waals surface area contributed by atoms with Crippen LogP contribution >= 0.6 is 11.3 Å². The molecule has 23 heavy (non-hydrogen) atoms. The number of nitrogens with one attached hydrogen (secondary N) is 1. The van der Waals surface area contributed by atoms with Gasteiger partial charge in [0.25, 0.3) is 5.91 Å². The summed E-state index contributed by atoms with van der Waals surface area (Å²) in [6.07, 6.45) is 7.03. The molecular formula is C16H21N5OS. The number of amides is 1. The van der Waals surface area contributed by atoms with Gasteiger partial charge in [-0.05, 0) is 31.8 Å². The first-order valence-corrected chi connectivity index (χ1v) is 8.87. The van der Waals surface area contributed by atoms with Crippen molar-refractivity contribution < 1.29 is 4.79 Å². The lowest BCUT2D eigenvalue weighted by Crippen LogP contribution is -2.40. The lowest BCUT2D eigenvalue weighted by Gasteiger charge is -2.31. The van der Waals surface area contributed by atoms with Crippen molar-refractivity contribution in [2.75, 3.05) is 26.2 Å². The summed E-state index contributed by atoms with van der Waals surface area (Å²) in [7, 11) is 0. The monoisotopic (exact) mass is 331 g/mol. The molecule has 3 heterocycles. The van der Waals surface area contributed by atoms with E-state index in [4.69, 9.17) is 0 Å². The summed E-state index contributed by atoms with van der Waals surface area (Å²) < 4.78 is 0. The highest BCUT2D eigenvalue weighted by Crippen LogP contribution is 2.23. The molecule has 2 aromatic heterocycles. The van der Waals surface area contributed by atoms with E-state index in [-0.39, 0.29) is 5.91 Å². The molecule has 1 N–H and O–H groups in total. The molecule has 1 fully saturated rings. The SMILES string of the molecule is CCNCC1CCN(C(=O)c2csc(-c3cnccn3)n2)CC1. The first-order chi connectivity index (χ1) is 11.3. The zero-order chi connectivity index (χ0) is 16.1. The zero-order valence-electron chi connectivity index (χ0n) is 13.2. The van der Waals surface area contributed by atoms with E-state index in [1.807, 2.05) is 10.3 Å². The summed E-state index contributed by atoms with van der Waals surface area (Å²) in [5.41, 5.74) is 1.22. The van der Waals surface area contributed by atoms with Crippen LogP contribution in [0.15, 0.2) is 24.0 Å². The van der Waals surface area contributed by atoms with Gasteiger partial charge < -0.3 is 10.2 Å². The molecule has 1 aliphatic rings. The predicted octanol–water partition coefficient (Wildman–Crippen LogP) is 2.06. The smallest absolute Gasteiger partial charge is 0.273 e. The Morgan fingerprint density at radius 1 is 1.39 bits per heavy atom. The molecule has 7 heteroatoms. The normalized spacial score (nSPS) is 15.8. The molecule has 0 saturated carbocycles. The number of piperidine rings is 1. The van der Waals surface area contributed by atoms with E-state index in [1.165, 1.54) is 11.3 Å². The molecule has 2 aromatic rings. The molecule has 0 spiro atoms. The standard InChI is InChI=1S/C16H21N5OS/c1-2-17-9-12-3-7-21(8-4-12)16(22)14-11-23-15(20-14)13-10-18-5-6-19-13/h5-6,10-12,17H,2-4,7-9H2,1H3. The first kappa shape index (κ1) is 16.0. The fourth-order valence-electron chi connectivity index (χ4n) is 2.75. The Morgan fingerprint density at radius 2 is 2.22 bits per heavy atom. The summed E-state index contributed by atoms with van der Waals surface area (Å²) >= 11 is 1.44. The molecule has 0 bridgehead atoms. The van der Waals surface area contributed by atoms with Gasteiger partial charge in [-0.3, -0.25) is 14.8 Å². The molecule has 0 atom stereocenters. The van der Waals surface area contributed by atoms with Crippen LogP contribution in [0.4, 0.5) is 0 Å². The van der Waals surface area contributed by atoms with E-state index in [9.17, 15) is 4.79 Å². The summed E-state index contributed by atoms with van der Waals surface area (Å²) in [5, 5.41) is 5.94. The van der Waals surface area contributed by atoms with Crippen LogP contribution < -0.4 is 5.32 Å². The number of nitrogens with zero attached hydrogens (tertiary/aromatic N) is 4. The van der Waals surface area contributed by atoms with Crippen LogP contribution in [0, 0.1) is 5.92 Å². The minimum atomic E-state index is 0.0262. The molecule has 0 aliphatic carbocycles. The van der Waals surface area contributed by atoms with E-state index < -0.39 is 0 Å². The number of thiazole rings is 1. The Morgan fingerprint density at radius 3 is 2.91 bits per heavy atom. The maximum Gasteiger partial charge on any atom is 0.273 e. The van der Waals surface area contributed by atoms with Crippen molar-refractivity contribution in [3.63, 3.8) is 0 Å². The van der Waals surface area contributed by atoms with Gasteiger partial charge in [-0.25, -0.2) is 4.98 Å². The number of rotatable bonds is 5. The Kier molecular flexibility index (Phi) is 5.30. The Balaban J connectivity index is 1.60. The summed E-state index contributed by atoms with van der Waals surface area (Å²) in [4.78, 5) is 27.2. The maximum atomic E-state index is 12.6. The highest BCUT2D eigenvalue weighted by Gasteiger charge is 2.25. The van der Waals surface area contributed by atoms with E-state index in [1.54, 1.807) is 18.6 Å². The third-order valence-electron chi connectivity index (χ3n) is 4.09. The number of carbonyl (C=O) groups excluding carboxylic acids is 1. The predicted molar refractivity (Wildman–Crippen MR) is 90.3 cm³/mol. The van der Waals surface area contributed by atoms with E-state index >= 15 is 0 Å². The van der Waals surface area contributed by atoms with Gasteiger partial charge >= 0.3 is 0 Å². The Hall–Kier alpha value is -1.86. The van der Waals surface area contributed by atoms with Gasteiger partial charge in [0.15, 0.2) is 0 Å². The lowest BCUT2D eigenvalue weighted by atomic mass is 9.96. The Labute approximate surface area is 140 Å². The second-order valence-electron chi connectivity index (χ2n) is 5.67. The topological polar surface area (TPSA) is 71.0 Å². The molecule has 1 saturated heterocycles. The second kappa shape index (κ2) is 7.61. The highest BCUT2D eigenvalue weighted by atomic mass is 32.1. The third-order valence-corrected chi connectivity index (χ3v) is 4.96. The van der Waals surface area contributed by atoms with Gasteiger partial charge in [0.2, 0.25) is 0 Å². The molecule has 6 nitrogen and oxygen atoms in total. The minimum Gasteiger partial charge on any atom is -0.337 e. The summed E-state index contributed by atoms with van der Waals surface area (Å²) in [6.45, 7) is 5.80. The second-order valence-corrected chi connectivity index (χ2v) is 6.53. The van der Waals surface area contributed by atoms with Crippen molar-refractivity contribution in [3.05, 3.63) is 29.7 Å². The zero-order valence-corrected chi connectivity index (χ0v) is 14.1. The van der Waals surface area contributed by atoms with Crippen LogP contribution in [-0.2, 0) is 0 Å². The van der Waals surface area contributed by atoms with Crippen LogP contribution in [0.25, 0.3) is 10.7 Å². The first-order valence-electron chi connectivity index (χ1n) is 8.00. The van der Waals surface area contributed by atoms with Crippen molar-refractivity contribution in [2.45, 2.75) is 19.8 Å². The molecule has 1 amide bonds. The van der Waals surface area contributed by atoms with E-state index in [2.05, 4.69) is 27.2 Å². The van der Waals surface area contributed by atoms with Crippen molar-refractivity contribution in [1.29, 1.82) is 0 Å². The minimum absolute atomic E-state index is 0.0262. The number of likely N-dealkylation sites (tertiary alicyclic amines) is 1. The average Bonchev–Trinajstić information content (AvgIpc) is 3.11. The van der Waals surface area contributed by atoms with Gasteiger partial charge in [0, 0.05) is 30.9 Å². The summed E-state index contributed by atoms with van der Waals surface area (Å²) in [5.74, 6) is 0.697. The molecule has 122 valence electrons. The lowest BCUT2D eigenvalue weighted by molar-refractivity contribution is 0.0685. The van der Waals surface area contributed by atoms with Crippen LogP contribution in [0.5, 0.6) is 0 Å². The number of aromatic nitrogens is 3. The van der Waals surface area contributed by atoms with Crippen molar-refractivity contribution in [3.8, 4) is 10.7 Å². The molecule has 3 rings (SSSR count). The third kappa shape index (κ3) is 3.92. The number of hydrogen-bond donors (Lipinski definition) is 1. The average molecular weight is 331 g/mol. The molecular weight excluding hydrogens is 310 g/mol. The number of carbonyl (C=O) groups is 1. The van der Waals surface area contributed by atoms with Crippen LogP contribution in [0.1, 0.15) is 30.3 Å². The fourth-order valence-corrected chi connectivity index (χ4v) is 3.50. The van der Waals surface area contributed by atoms with Gasteiger partial charge in [0.1, 0.15) is 16.4 Å². The van der Waals surface area contributed by atoms with Gasteiger partial charge in [-0.1, -0.05) is 6.92 Å². The highest BCUT2D eigenvalue weighted by molar-refractivity contribution is 7.13.